The molecule has 52 heavy (non-hydrogen) atoms. The lowest BCUT2D eigenvalue weighted by molar-refractivity contribution is -0.308. The van der Waals surface area contributed by atoms with Gasteiger partial charge in [0.25, 0.3) is 0 Å². The van der Waals surface area contributed by atoms with Crippen LogP contribution < -0.4 is 4.74 Å². The number of hydrogen-bond acceptors (Lipinski definition) is 12. The van der Waals surface area contributed by atoms with Gasteiger partial charge >= 0.3 is 23.9 Å². The van der Waals surface area contributed by atoms with Crippen LogP contribution >= 0.6 is 22.6 Å². The summed E-state index contributed by atoms with van der Waals surface area (Å²) in [6, 6.07) is 5.86. The molecule has 1 aliphatic heterocycles. The minimum atomic E-state index is -1.22. The quantitative estimate of drug-likeness (QED) is 0.0264. The molecular weight excluding hydrogens is 785 g/mol. The molecule has 1 aromatic heterocycles. The highest BCUT2D eigenvalue weighted by atomic mass is 127. The molecule has 296 valence electrons. The molecule has 1 saturated heterocycles. The molecule has 2 rings (SSSR count). The zero-order chi connectivity index (χ0) is 38.0. The summed E-state index contributed by atoms with van der Waals surface area (Å²) < 4.78 is 40.0. The number of nitrogens with zero attached hydrogens (tertiary/aromatic N) is 1. The Morgan fingerprint density at radius 2 is 1.04 bits per heavy atom. The topological polar surface area (TPSA) is 146 Å². The molecule has 0 spiro atoms. The molecule has 0 saturated carbocycles. The Morgan fingerprint density at radius 3 is 1.50 bits per heavy atom. The van der Waals surface area contributed by atoms with Crippen molar-refractivity contribution >= 4 is 46.5 Å². The van der Waals surface area contributed by atoms with Gasteiger partial charge in [-0.1, -0.05) is 109 Å². The van der Waals surface area contributed by atoms with E-state index in [2.05, 4.69) is 27.6 Å². The summed E-state index contributed by atoms with van der Waals surface area (Å²) in [7, 11) is 0. The second-order valence-corrected chi connectivity index (χ2v) is 14.6. The average Bonchev–Trinajstić information content (AvgIpc) is 3.08. The molecule has 13 heteroatoms. The van der Waals surface area contributed by atoms with Crippen LogP contribution in [0.15, 0.2) is 18.2 Å². The smallest absolute Gasteiger partial charge is 0.303 e. The Balaban J connectivity index is 1.51. The minimum absolute atomic E-state index is 0.274. The standard InChI is InChI=1S/C39H62INO11/c1-29(42)48-28-33-36(49-30(2)43)37(50-31(3)44)38(51-32(4)45)39(52-33)47-27-22-20-18-16-14-12-10-8-6-5-7-9-11-13-15-17-19-21-26-46-35-25-23-24-34(40)41-35/h23-25,33,36-39H,5-22,26-28H2,1-4H3/t33-,36-,37+,38-,39-/m1/s1. The third-order valence-corrected chi connectivity index (χ3v) is 9.31. The van der Waals surface area contributed by atoms with E-state index in [1.54, 1.807) is 0 Å². The van der Waals surface area contributed by atoms with Crippen molar-refractivity contribution in [2.24, 2.45) is 0 Å². The number of unbranched alkanes of at least 4 members (excludes halogenated alkanes) is 17. The first kappa shape index (κ1) is 45.6. The van der Waals surface area contributed by atoms with E-state index in [-0.39, 0.29) is 6.61 Å². The highest BCUT2D eigenvalue weighted by molar-refractivity contribution is 14.1. The van der Waals surface area contributed by atoms with Crippen LogP contribution in [0.2, 0.25) is 0 Å². The fourth-order valence-corrected chi connectivity index (χ4v) is 6.65. The van der Waals surface area contributed by atoms with Crippen LogP contribution in [-0.4, -0.2) is 79.4 Å². The summed E-state index contributed by atoms with van der Waals surface area (Å²) in [6.07, 6.45) is 16.3. The van der Waals surface area contributed by atoms with Gasteiger partial charge in [-0.15, -0.1) is 0 Å². The van der Waals surface area contributed by atoms with Crippen LogP contribution in [-0.2, 0) is 47.6 Å². The van der Waals surface area contributed by atoms with E-state index in [9.17, 15) is 19.2 Å². The van der Waals surface area contributed by atoms with Crippen molar-refractivity contribution < 1.29 is 52.3 Å². The van der Waals surface area contributed by atoms with Gasteiger partial charge in [0.05, 0.1) is 6.61 Å². The van der Waals surface area contributed by atoms with Crippen LogP contribution in [0.4, 0.5) is 0 Å². The van der Waals surface area contributed by atoms with Crippen molar-refractivity contribution in [3.63, 3.8) is 0 Å². The number of carbonyl (C=O) groups excluding carboxylic acids is 4. The molecule has 1 aromatic rings. The first-order valence-electron chi connectivity index (χ1n) is 19.2. The Morgan fingerprint density at radius 1 is 0.596 bits per heavy atom. The highest BCUT2D eigenvalue weighted by Crippen LogP contribution is 2.30. The molecule has 0 unspecified atom stereocenters. The molecule has 0 bridgehead atoms. The predicted octanol–water partition coefficient (Wildman–Crippen LogP) is 8.19. The lowest BCUT2D eigenvalue weighted by Gasteiger charge is -2.44. The van der Waals surface area contributed by atoms with Gasteiger partial charge in [0.1, 0.15) is 16.4 Å². The number of halogens is 1. The van der Waals surface area contributed by atoms with Crippen molar-refractivity contribution in [1.82, 2.24) is 4.98 Å². The molecular formula is C39H62INO11. The summed E-state index contributed by atoms with van der Waals surface area (Å²) in [4.78, 5) is 51.7. The van der Waals surface area contributed by atoms with E-state index in [4.69, 9.17) is 33.2 Å². The summed E-state index contributed by atoms with van der Waals surface area (Å²) >= 11 is 2.20. The van der Waals surface area contributed by atoms with Crippen molar-refractivity contribution in [2.45, 2.75) is 174 Å². The molecule has 0 amide bonds. The van der Waals surface area contributed by atoms with Crippen LogP contribution in [0.25, 0.3) is 0 Å². The van der Waals surface area contributed by atoms with Gasteiger partial charge in [0.2, 0.25) is 5.88 Å². The maximum absolute atomic E-state index is 12.0. The number of pyridine rings is 1. The van der Waals surface area contributed by atoms with Crippen molar-refractivity contribution in [2.75, 3.05) is 19.8 Å². The number of carbonyl (C=O) groups is 4. The monoisotopic (exact) mass is 847 g/mol. The molecule has 0 radical (unpaired) electrons. The summed E-state index contributed by atoms with van der Waals surface area (Å²) in [5.74, 6) is -1.83. The maximum atomic E-state index is 12.0. The molecule has 0 aromatic carbocycles. The average molecular weight is 848 g/mol. The van der Waals surface area contributed by atoms with E-state index in [1.165, 1.54) is 111 Å². The molecule has 2 heterocycles. The molecule has 0 aliphatic carbocycles. The predicted molar refractivity (Wildman–Crippen MR) is 203 cm³/mol. The third-order valence-electron chi connectivity index (χ3n) is 8.71. The molecule has 1 fully saturated rings. The SMILES string of the molecule is CC(=O)OC[C@H]1O[C@@H](OCCCCCCCCCCCCCCCCCCCCOc2cccc(I)n2)[C@H](OC(C)=O)[C@@H](OC(C)=O)[C@@H]1OC(C)=O. The third kappa shape index (κ3) is 21.2. The van der Waals surface area contributed by atoms with Gasteiger partial charge in [-0.25, -0.2) is 4.98 Å². The first-order valence-corrected chi connectivity index (χ1v) is 20.3. The van der Waals surface area contributed by atoms with Crippen LogP contribution in [0, 0.1) is 3.70 Å². The highest BCUT2D eigenvalue weighted by Gasteiger charge is 2.52. The van der Waals surface area contributed by atoms with Crippen molar-refractivity contribution in [3.8, 4) is 5.88 Å². The zero-order valence-electron chi connectivity index (χ0n) is 31.8. The van der Waals surface area contributed by atoms with Gasteiger partial charge in [-0.3, -0.25) is 19.2 Å². The Hall–Kier alpha value is -2.52. The summed E-state index contributed by atoms with van der Waals surface area (Å²) in [6.45, 7) is 5.62. The van der Waals surface area contributed by atoms with Crippen LogP contribution in [0.5, 0.6) is 5.88 Å². The number of ether oxygens (including phenoxy) is 7. The van der Waals surface area contributed by atoms with Gasteiger partial charge in [-0.2, -0.15) is 0 Å². The zero-order valence-corrected chi connectivity index (χ0v) is 33.9. The Kier molecular flexibility index (Phi) is 24.6. The lowest BCUT2D eigenvalue weighted by atomic mass is 9.98. The summed E-state index contributed by atoms with van der Waals surface area (Å²) in [5, 5.41) is 0. The molecule has 5 atom stereocenters. The maximum Gasteiger partial charge on any atom is 0.303 e. The molecule has 1 aliphatic rings. The van der Waals surface area contributed by atoms with E-state index in [0.29, 0.717) is 6.61 Å². The minimum Gasteiger partial charge on any atom is -0.478 e. The van der Waals surface area contributed by atoms with Crippen molar-refractivity contribution in [3.05, 3.63) is 21.9 Å². The largest absolute Gasteiger partial charge is 0.478 e. The normalized spacial score (nSPS) is 19.8. The van der Waals surface area contributed by atoms with Gasteiger partial charge in [0, 0.05) is 40.4 Å². The first-order chi connectivity index (χ1) is 25.1. The number of hydrogen-bond donors (Lipinski definition) is 0. The second-order valence-electron chi connectivity index (χ2n) is 13.4. The molecule has 0 N–H and O–H groups in total. The Labute approximate surface area is 324 Å². The lowest BCUT2D eigenvalue weighted by Crippen LogP contribution is -2.63. The van der Waals surface area contributed by atoms with Crippen LogP contribution in [0.3, 0.4) is 0 Å². The van der Waals surface area contributed by atoms with Gasteiger partial charge in [0.15, 0.2) is 24.6 Å². The van der Waals surface area contributed by atoms with E-state index in [1.807, 2.05) is 18.2 Å². The van der Waals surface area contributed by atoms with Crippen LogP contribution in [0.1, 0.15) is 143 Å². The van der Waals surface area contributed by atoms with E-state index in [0.717, 1.165) is 48.3 Å². The second kappa shape index (κ2) is 28.0. The summed E-state index contributed by atoms with van der Waals surface area (Å²) in [5.41, 5.74) is 0. The molecule has 12 nitrogen and oxygen atoms in total. The Bertz CT molecular complexity index is 1170. The van der Waals surface area contributed by atoms with Gasteiger partial charge in [-0.05, 0) is 41.5 Å². The number of esters is 4. The number of rotatable bonds is 28. The van der Waals surface area contributed by atoms with E-state index < -0.39 is 54.6 Å². The number of aromatic nitrogens is 1. The van der Waals surface area contributed by atoms with E-state index >= 15 is 0 Å². The fraction of sp³-hybridized carbons (Fsp3) is 0.769. The fourth-order valence-electron chi connectivity index (χ4n) is 6.20. The van der Waals surface area contributed by atoms with Crippen molar-refractivity contribution in [1.29, 1.82) is 0 Å². The van der Waals surface area contributed by atoms with Gasteiger partial charge < -0.3 is 33.2 Å².